The Balaban J connectivity index is 1.60. The van der Waals surface area contributed by atoms with Crippen LogP contribution in [0.4, 0.5) is 0 Å². The molecule has 0 unspecified atom stereocenters. The van der Waals surface area contributed by atoms with E-state index in [9.17, 15) is 25.2 Å². The number of aliphatic hydroxyl groups is 4. The summed E-state index contributed by atoms with van der Waals surface area (Å²) in [6.07, 6.45) is -5.79. The molecule has 0 spiro atoms. The molecule has 8 heteroatoms. The van der Waals surface area contributed by atoms with Gasteiger partial charge < -0.3 is 34.6 Å². The van der Waals surface area contributed by atoms with E-state index in [2.05, 4.69) is 19.7 Å². The molecular weight excluding hydrogens is 380 g/mol. The molecule has 0 aromatic heterocycles. The van der Waals surface area contributed by atoms with Gasteiger partial charge in [0.05, 0.1) is 12.7 Å². The fourth-order valence-electron chi connectivity index (χ4n) is 5.19. The lowest BCUT2D eigenvalue weighted by Gasteiger charge is -2.41. The Hall–Kier alpha value is -1.55. The summed E-state index contributed by atoms with van der Waals surface area (Å²) in [6, 6.07) is 0. The first kappa shape index (κ1) is 20.7. The average Bonchev–Trinajstić information content (AvgIpc) is 3.17. The van der Waals surface area contributed by atoms with E-state index in [0.29, 0.717) is 12.0 Å². The number of esters is 1. The topological polar surface area (TPSA) is 126 Å². The van der Waals surface area contributed by atoms with Crippen LogP contribution in [0.3, 0.4) is 0 Å². The highest BCUT2D eigenvalue weighted by atomic mass is 16.7. The minimum atomic E-state index is -1.52. The summed E-state index contributed by atoms with van der Waals surface area (Å²) >= 11 is 0. The predicted octanol–water partition coefficient (Wildman–Crippen LogP) is -0.188. The van der Waals surface area contributed by atoms with Crippen molar-refractivity contribution in [3.63, 3.8) is 0 Å². The highest BCUT2D eigenvalue weighted by molar-refractivity contribution is 5.91. The Morgan fingerprint density at radius 3 is 2.48 bits per heavy atom. The summed E-state index contributed by atoms with van der Waals surface area (Å²) < 4.78 is 17.2. The molecular formula is C21H28O8. The zero-order valence-corrected chi connectivity index (χ0v) is 16.1. The highest BCUT2D eigenvalue weighted by Crippen LogP contribution is 2.52. The SMILES string of the molecule is C=C1CC[C@H]2C(=C)[C@H](O[C@H]3O[C@@H](CO)[C@H](O)[C@@H](O)[C@@H]3O)C[C@H]3C(=C)C(=O)O[C@@H]3[C@@H]12. The van der Waals surface area contributed by atoms with Crippen molar-refractivity contribution in [1.29, 1.82) is 0 Å². The largest absolute Gasteiger partial charge is 0.458 e. The number of rotatable bonds is 3. The molecule has 2 heterocycles. The lowest BCUT2D eigenvalue weighted by atomic mass is 9.82. The number of ether oxygens (including phenoxy) is 3. The molecule has 4 rings (SSSR count). The molecule has 0 aromatic carbocycles. The molecule has 4 aliphatic rings. The highest BCUT2D eigenvalue weighted by Gasteiger charge is 2.54. The third kappa shape index (κ3) is 3.28. The van der Waals surface area contributed by atoms with Gasteiger partial charge in [0, 0.05) is 17.4 Å². The van der Waals surface area contributed by atoms with Gasteiger partial charge in [0.25, 0.3) is 0 Å². The first-order chi connectivity index (χ1) is 13.7. The van der Waals surface area contributed by atoms with Crippen LogP contribution in [0.15, 0.2) is 36.5 Å². The lowest BCUT2D eigenvalue weighted by molar-refractivity contribution is -0.309. The second kappa shape index (κ2) is 7.61. The first-order valence-corrected chi connectivity index (χ1v) is 9.96. The smallest absolute Gasteiger partial charge is 0.334 e. The van der Waals surface area contributed by atoms with E-state index >= 15 is 0 Å². The van der Waals surface area contributed by atoms with Crippen LogP contribution < -0.4 is 0 Å². The molecule has 2 aliphatic heterocycles. The number of carbonyl (C=O) groups excluding carboxylic acids is 1. The summed E-state index contributed by atoms with van der Waals surface area (Å²) in [6.45, 7) is 11.7. The second-order valence-electron chi connectivity index (χ2n) is 8.46. The molecule has 0 amide bonds. The second-order valence-corrected chi connectivity index (χ2v) is 8.46. The minimum Gasteiger partial charge on any atom is -0.458 e. The molecule has 0 aromatic rings. The van der Waals surface area contributed by atoms with Crippen LogP contribution in [0.2, 0.25) is 0 Å². The number of hydrogen-bond donors (Lipinski definition) is 4. The lowest BCUT2D eigenvalue weighted by Crippen LogP contribution is -2.59. The first-order valence-electron chi connectivity index (χ1n) is 9.96. The average molecular weight is 408 g/mol. The van der Waals surface area contributed by atoms with Crippen molar-refractivity contribution < 1.29 is 39.4 Å². The van der Waals surface area contributed by atoms with E-state index in [1.165, 1.54) is 0 Å². The summed E-state index contributed by atoms with van der Waals surface area (Å²) in [4.78, 5) is 12.2. The van der Waals surface area contributed by atoms with Gasteiger partial charge >= 0.3 is 5.97 Å². The number of aliphatic hydroxyl groups excluding tert-OH is 4. The Kier molecular flexibility index (Phi) is 5.43. The Morgan fingerprint density at radius 1 is 1.07 bits per heavy atom. The van der Waals surface area contributed by atoms with Crippen LogP contribution in [0, 0.1) is 17.8 Å². The maximum atomic E-state index is 12.2. The third-order valence-electron chi connectivity index (χ3n) is 6.89. The monoisotopic (exact) mass is 408 g/mol. The van der Waals surface area contributed by atoms with E-state index < -0.39 is 49.4 Å². The van der Waals surface area contributed by atoms with Gasteiger partial charge in [0.2, 0.25) is 0 Å². The van der Waals surface area contributed by atoms with Crippen LogP contribution in [-0.4, -0.2) is 75.9 Å². The van der Waals surface area contributed by atoms with Gasteiger partial charge in [-0.25, -0.2) is 4.79 Å². The minimum absolute atomic E-state index is 0.00564. The van der Waals surface area contributed by atoms with E-state index in [1.54, 1.807) is 0 Å². The van der Waals surface area contributed by atoms with Gasteiger partial charge in [0.15, 0.2) is 6.29 Å². The third-order valence-corrected chi connectivity index (χ3v) is 6.89. The summed E-state index contributed by atoms with van der Waals surface area (Å²) in [7, 11) is 0. The van der Waals surface area contributed by atoms with Gasteiger partial charge in [0.1, 0.15) is 30.5 Å². The van der Waals surface area contributed by atoms with E-state index in [1.807, 2.05) is 0 Å². The Labute approximate surface area is 169 Å². The standard InChI is InChI=1S/C21H28O8/c1-8-4-5-11-9(2)13(6-12-10(3)20(26)29-19(12)15(8)11)27-21-18(25)17(24)16(23)14(7-22)28-21/h11-19,21-25H,1-7H2/t11-,12-,13+,14-,15-,16-,17+,18-,19-,21-/m0/s1. The summed E-state index contributed by atoms with van der Waals surface area (Å²) in [5, 5.41) is 39.8. The zero-order valence-electron chi connectivity index (χ0n) is 16.1. The van der Waals surface area contributed by atoms with Crippen LogP contribution in [-0.2, 0) is 19.0 Å². The predicted molar refractivity (Wildman–Crippen MR) is 100 cm³/mol. The molecule has 2 aliphatic carbocycles. The molecule has 29 heavy (non-hydrogen) atoms. The van der Waals surface area contributed by atoms with Crippen molar-refractivity contribution >= 4 is 5.97 Å². The molecule has 2 saturated heterocycles. The Bertz CT molecular complexity index is 730. The summed E-state index contributed by atoms with van der Waals surface area (Å²) in [5.41, 5.74) is 2.19. The van der Waals surface area contributed by atoms with Crippen molar-refractivity contribution in [2.24, 2.45) is 17.8 Å². The quantitative estimate of drug-likeness (QED) is 0.288. The van der Waals surface area contributed by atoms with Gasteiger partial charge in [-0.15, -0.1) is 0 Å². The van der Waals surface area contributed by atoms with Crippen LogP contribution in [0.1, 0.15) is 19.3 Å². The summed E-state index contributed by atoms with van der Waals surface area (Å²) in [5.74, 6) is -0.748. The van der Waals surface area contributed by atoms with Crippen molar-refractivity contribution in [2.45, 2.75) is 62.2 Å². The maximum absolute atomic E-state index is 12.2. The number of fused-ring (bicyclic) bond motifs is 3. The van der Waals surface area contributed by atoms with Crippen LogP contribution in [0.25, 0.3) is 0 Å². The molecule has 4 N–H and O–H groups in total. The Morgan fingerprint density at radius 2 is 1.79 bits per heavy atom. The van der Waals surface area contributed by atoms with Gasteiger partial charge in [-0.3, -0.25) is 0 Å². The number of carbonyl (C=O) groups is 1. The van der Waals surface area contributed by atoms with Crippen molar-refractivity contribution in [3.05, 3.63) is 36.5 Å². The van der Waals surface area contributed by atoms with Crippen molar-refractivity contribution in [2.75, 3.05) is 6.61 Å². The molecule has 160 valence electrons. The van der Waals surface area contributed by atoms with E-state index in [-0.39, 0.29) is 23.9 Å². The molecule has 0 radical (unpaired) electrons. The number of hydrogen-bond acceptors (Lipinski definition) is 8. The maximum Gasteiger partial charge on any atom is 0.334 e. The molecule has 4 fully saturated rings. The van der Waals surface area contributed by atoms with Gasteiger partial charge in [-0.05, 0) is 30.8 Å². The zero-order chi connectivity index (χ0) is 21.0. The van der Waals surface area contributed by atoms with Crippen molar-refractivity contribution in [1.82, 2.24) is 0 Å². The molecule has 8 nitrogen and oxygen atoms in total. The molecule has 2 saturated carbocycles. The van der Waals surface area contributed by atoms with E-state index in [0.717, 1.165) is 24.0 Å². The van der Waals surface area contributed by atoms with Crippen LogP contribution >= 0.6 is 0 Å². The van der Waals surface area contributed by atoms with Gasteiger partial charge in [-0.1, -0.05) is 25.3 Å². The normalized spacial score (nSPS) is 47.6. The fraction of sp³-hybridized carbons (Fsp3) is 0.667. The van der Waals surface area contributed by atoms with E-state index in [4.69, 9.17) is 14.2 Å². The van der Waals surface area contributed by atoms with Crippen LogP contribution in [0.5, 0.6) is 0 Å². The van der Waals surface area contributed by atoms with Crippen molar-refractivity contribution in [3.8, 4) is 0 Å². The molecule has 10 atom stereocenters. The fourth-order valence-corrected chi connectivity index (χ4v) is 5.19. The molecule has 0 bridgehead atoms. The van der Waals surface area contributed by atoms with Gasteiger partial charge in [-0.2, -0.15) is 0 Å².